The lowest BCUT2D eigenvalue weighted by Crippen LogP contribution is -2.28. The highest BCUT2D eigenvalue weighted by atomic mass is 19.1. The number of tetrazole rings is 1. The van der Waals surface area contributed by atoms with Gasteiger partial charge in [0.2, 0.25) is 0 Å². The van der Waals surface area contributed by atoms with E-state index in [9.17, 15) is 9.18 Å². The van der Waals surface area contributed by atoms with Crippen LogP contribution in [0.1, 0.15) is 22.5 Å². The summed E-state index contributed by atoms with van der Waals surface area (Å²) in [5.74, 6) is 1.77. The van der Waals surface area contributed by atoms with E-state index >= 15 is 0 Å². The van der Waals surface area contributed by atoms with Gasteiger partial charge in [-0.3, -0.25) is 9.69 Å². The number of H-pyrrole nitrogens is 1. The van der Waals surface area contributed by atoms with Crippen LogP contribution in [0.2, 0.25) is 0 Å². The number of nitrogens with one attached hydrogen (secondary N) is 1. The third-order valence-electron chi connectivity index (χ3n) is 6.33. The quantitative estimate of drug-likeness (QED) is 0.302. The third-order valence-corrected chi connectivity index (χ3v) is 6.33. The molecule has 2 heterocycles. The second kappa shape index (κ2) is 11.2. The monoisotopic (exact) mass is 514 g/mol. The molecule has 0 aliphatic rings. The van der Waals surface area contributed by atoms with Crippen LogP contribution in [0.25, 0.3) is 10.9 Å². The summed E-state index contributed by atoms with van der Waals surface area (Å²) in [6.45, 7) is 1.58. The predicted molar refractivity (Wildman–Crippen MR) is 140 cm³/mol. The van der Waals surface area contributed by atoms with Crippen LogP contribution in [0.5, 0.6) is 11.5 Å². The van der Waals surface area contributed by atoms with Gasteiger partial charge in [0.15, 0.2) is 5.82 Å². The fourth-order valence-electron chi connectivity index (χ4n) is 4.38. The summed E-state index contributed by atoms with van der Waals surface area (Å²) in [6.07, 6.45) is 0. The van der Waals surface area contributed by atoms with Crippen molar-refractivity contribution in [2.45, 2.75) is 26.2 Å². The number of nitrogens with zero attached hydrogens (tertiary/aromatic N) is 5. The van der Waals surface area contributed by atoms with E-state index in [-0.39, 0.29) is 11.4 Å². The Balaban J connectivity index is 1.46. The molecule has 0 spiro atoms. The summed E-state index contributed by atoms with van der Waals surface area (Å²) in [4.78, 5) is 18.1. The maximum atomic E-state index is 13.4. The average molecular weight is 515 g/mol. The first-order valence-electron chi connectivity index (χ1n) is 12.1. The fraction of sp³-hybridized carbons (Fsp3) is 0.214. The van der Waals surface area contributed by atoms with Crippen molar-refractivity contribution in [3.8, 4) is 11.5 Å². The number of methoxy groups -OCH3 is 2. The number of halogens is 1. The second-order valence-electron chi connectivity index (χ2n) is 8.91. The molecule has 0 radical (unpaired) electrons. The molecule has 0 atom stereocenters. The summed E-state index contributed by atoms with van der Waals surface area (Å²) in [5, 5.41) is 13.1. The molecule has 5 rings (SSSR count). The van der Waals surface area contributed by atoms with Gasteiger partial charge in [0.25, 0.3) is 5.56 Å². The number of hydrogen-bond acceptors (Lipinski definition) is 7. The van der Waals surface area contributed by atoms with Crippen molar-refractivity contribution in [2.24, 2.45) is 0 Å². The summed E-state index contributed by atoms with van der Waals surface area (Å²) in [7, 11) is 3.24. The Labute approximate surface area is 218 Å². The van der Waals surface area contributed by atoms with Gasteiger partial charge in [-0.25, -0.2) is 9.07 Å². The summed E-state index contributed by atoms with van der Waals surface area (Å²) in [6, 6.07) is 21.4. The Hall–Kier alpha value is -4.57. The molecule has 0 unspecified atom stereocenters. The SMILES string of the molecule is COc1ccc2[nH]c(=O)c(CN(Cc3ccccc3OC)Cc3nnnn3Cc3ccc(F)cc3)cc2c1. The number of hydrogen-bond donors (Lipinski definition) is 1. The van der Waals surface area contributed by atoms with Gasteiger partial charge in [0.1, 0.15) is 17.3 Å². The van der Waals surface area contributed by atoms with Gasteiger partial charge in [-0.05, 0) is 58.5 Å². The van der Waals surface area contributed by atoms with E-state index in [2.05, 4.69) is 25.4 Å². The molecule has 0 aliphatic heterocycles. The zero-order valence-electron chi connectivity index (χ0n) is 21.1. The molecule has 0 aliphatic carbocycles. The molecular weight excluding hydrogens is 487 g/mol. The molecule has 2 aromatic heterocycles. The first kappa shape index (κ1) is 25.1. The number of pyridine rings is 1. The summed E-state index contributed by atoms with van der Waals surface area (Å²) < 4.78 is 26.0. The number of rotatable bonds is 10. The van der Waals surface area contributed by atoms with E-state index in [1.165, 1.54) is 12.1 Å². The Kier molecular flexibility index (Phi) is 7.41. The van der Waals surface area contributed by atoms with Gasteiger partial charge in [-0.15, -0.1) is 5.10 Å². The Morgan fingerprint density at radius 2 is 1.71 bits per heavy atom. The van der Waals surface area contributed by atoms with Gasteiger partial charge in [-0.1, -0.05) is 30.3 Å². The van der Waals surface area contributed by atoms with Crippen LogP contribution >= 0.6 is 0 Å². The molecule has 5 aromatic rings. The van der Waals surface area contributed by atoms with Gasteiger partial charge >= 0.3 is 0 Å². The minimum atomic E-state index is -0.299. The van der Waals surface area contributed by atoms with E-state index in [1.54, 1.807) is 31.0 Å². The third kappa shape index (κ3) is 5.70. The second-order valence-corrected chi connectivity index (χ2v) is 8.91. The Morgan fingerprint density at radius 3 is 2.50 bits per heavy atom. The highest BCUT2D eigenvalue weighted by molar-refractivity contribution is 5.80. The average Bonchev–Trinajstić information content (AvgIpc) is 3.36. The molecule has 194 valence electrons. The summed E-state index contributed by atoms with van der Waals surface area (Å²) in [5.41, 5.74) is 3.00. The van der Waals surface area contributed by atoms with Crippen LogP contribution in [0, 0.1) is 5.82 Å². The molecule has 1 N–H and O–H groups in total. The number of aromatic amines is 1. The molecule has 0 fully saturated rings. The van der Waals surface area contributed by atoms with Crippen LogP contribution in [-0.2, 0) is 26.2 Å². The van der Waals surface area contributed by atoms with Crippen molar-refractivity contribution in [1.29, 1.82) is 0 Å². The maximum Gasteiger partial charge on any atom is 0.252 e. The Bertz CT molecular complexity index is 1600. The van der Waals surface area contributed by atoms with Crippen LogP contribution in [0.4, 0.5) is 4.39 Å². The topological polar surface area (TPSA) is 98.2 Å². The number of fused-ring (bicyclic) bond motifs is 1. The zero-order valence-corrected chi connectivity index (χ0v) is 21.1. The Morgan fingerprint density at radius 1 is 0.921 bits per heavy atom. The van der Waals surface area contributed by atoms with Gasteiger partial charge in [0.05, 0.1) is 27.3 Å². The van der Waals surface area contributed by atoms with Crippen molar-refractivity contribution in [3.63, 3.8) is 0 Å². The number of para-hydroxylation sites is 1. The van der Waals surface area contributed by atoms with Gasteiger partial charge < -0.3 is 14.5 Å². The lowest BCUT2D eigenvalue weighted by atomic mass is 10.1. The molecule has 0 saturated heterocycles. The fourth-order valence-corrected chi connectivity index (χ4v) is 4.38. The number of benzene rings is 3. The zero-order chi connectivity index (χ0) is 26.5. The van der Waals surface area contributed by atoms with E-state index in [4.69, 9.17) is 9.47 Å². The van der Waals surface area contributed by atoms with Crippen molar-refractivity contribution >= 4 is 10.9 Å². The molecule has 9 nitrogen and oxygen atoms in total. The smallest absolute Gasteiger partial charge is 0.252 e. The number of aromatic nitrogens is 5. The van der Waals surface area contributed by atoms with Crippen molar-refractivity contribution in [3.05, 3.63) is 111 Å². The lowest BCUT2D eigenvalue weighted by Gasteiger charge is -2.23. The molecule has 0 bridgehead atoms. The van der Waals surface area contributed by atoms with Gasteiger partial charge in [0, 0.05) is 35.1 Å². The summed E-state index contributed by atoms with van der Waals surface area (Å²) >= 11 is 0. The van der Waals surface area contributed by atoms with E-state index in [1.807, 2.05) is 48.5 Å². The molecule has 0 amide bonds. The van der Waals surface area contributed by atoms with Crippen LogP contribution < -0.4 is 15.0 Å². The maximum absolute atomic E-state index is 13.4. The van der Waals surface area contributed by atoms with Crippen LogP contribution in [-0.4, -0.2) is 44.3 Å². The molecule has 0 saturated carbocycles. The minimum absolute atomic E-state index is 0.168. The van der Waals surface area contributed by atoms with E-state index in [0.717, 1.165) is 27.8 Å². The highest BCUT2D eigenvalue weighted by Crippen LogP contribution is 2.23. The van der Waals surface area contributed by atoms with Crippen LogP contribution in [0.15, 0.2) is 77.6 Å². The normalized spacial score (nSPS) is 11.3. The molecule has 38 heavy (non-hydrogen) atoms. The van der Waals surface area contributed by atoms with Crippen LogP contribution in [0.3, 0.4) is 0 Å². The minimum Gasteiger partial charge on any atom is -0.497 e. The van der Waals surface area contributed by atoms with Crippen molar-refractivity contribution in [1.82, 2.24) is 30.1 Å². The number of ether oxygens (including phenoxy) is 2. The molecule has 3 aromatic carbocycles. The van der Waals surface area contributed by atoms with E-state index in [0.29, 0.717) is 43.3 Å². The van der Waals surface area contributed by atoms with E-state index < -0.39 is 0 Å². The molecular formula is C28H27FN6O3. The lowest BCUT2D eigenvalue weighted by molar-refractivity contribution is 0.232. The van der Waals surface area contributed by atoms with Crippen molar-refractivity contribution in [2.75, 3.05) is 14.2 Å². The first-order valence-corrected chi connectivity index (χ1v) is 12.1. The predicted octanol–water partition coefficient (Wildman–Crippen LogP) is 3.92. The van der Waals surface area contributed by atoms with Crippen molar-refractivity contribution < 1.29 is 13.9 Å². The highest BCUT2D eigenvalue weighted by Gasteiger charge is 2.18. The molecule has 10 heteroatoms. The largest absolute Gasteiger partial charge is 0.497 e. The first-order chi connectivity index (χ1) is 18.5. The van der Waals surface area contributed by atoms with Gasteiger partial charge in [-0.2, -0.15) is 0 Å². The standard InChI is InChI=1S/C28H27FN6O3/c1-37-24-11-12-25-21(14-24)13-22(28(36)30-25)17-34(16-20-5-3-4-6-26(20)38-2)18-27-31-32-33-35(27)15-19-7-9-23(29)10-8-19/h3-14H,15-18H2,1-2H3,(H,30,36).